The van der Waals surface area contributed by atoms with Crippen molar-refractivity contribution in [3.63, 3.8) is 0 Å². The summed E-state index contributed by atoms with van der Waals surface area (Å²) in [5.41, 5.74) is 1.03. The van der Waals surface area contributed by atoms with E-state index in [1.54, 1.807) is 11.7 Å². The molecule has 0 radical (unpaired) electrons. The normalized spacial score (nSPS) is 20.8. The lowest BCUT2D eigenvalue weighted by Gasteiger charge is -2.07. The van der Waals surface area contributed by atoms with Crippen LogP contribution >= 0.6 is 0 Å². The Labute approximate surface area is 107 Å². The van der Waals surface area contributed by atoms with E-state index in [2.05, 4.69) is 24.3 Å². The molecule has 0 saturated heterocycles. The predicted octanol–water partition coefficient (Wildman–Crippen LogP) is 2.35. The van der Waals surface area contributed by atoms with Crippen molar-refractivity contribution in [2.75, 3.05) is 11.9 Å². The third kappa shape index (κ3) is 2.19. The summed E-state index contributed by atoms with van der Waals surface area (Å²) in [6.07, 6.45) is 1.74. The Kier molecular flexibility index (Phi) is 3.04. The van der Waals surface area contributed by atoms with Crippen LogP contribution in [0.4, 0.5) is 11.5 Å². The van der Waals surface area contributed by atoms with Gasteiger partial charge in [0.2, 0.25) is 5.82 Å². The van der Waals surface area contributed by atoms with E-state index < -0.39 is 0 Å². The van der Waals surface area contributed by atoms with Crippen LogP contribution in [-0.2, 0) is 13.5 Å². The minimum atomic E-state index is -0.341. The molecule has 6 nitrogen and oxygen atoms in total. The Morgan fingerprint density at radius 1 is 1.61 bits per heavy atom. The minimum absolute atomic E-state index is 0.124. The number of hydrogen-bond acceptors (Lipinski definition) is 4. The molecule has 1 aliphatic carbocycles. The van der Waals surface area contributed by atoms with Crippen LogP contribution in [0.3, 0.4) is 0 Å². The van der Waals surface area contributed by atoms with Crippen LogP contribution in [0.5, 0.6) is 0 Å². The molecule has 1 unspecified atom stereocenters. The second-order valence-corrected chi connectivity index (χ2v) is 5.65. The van der Waals surface area contributed by atoms with Crippen molar-refractivity contribution in [2.45, 2.75) is 33.6 Å². The van der Waals surface area contributed by atoms with Gasteiger partial charge in [-0.25, -0.2) is 4.68 Å². The molecule has 1 N–H and O–H groups in total. The molecular weight excluding hydrogens is 232 g/mol. The maximum absolute atomic E-state index is 11.1. The van der Waals surface area contributed by atoms with Gasteiger partial charge in [-0.2, -0.15) is 5.10 Å². The fraction of sp³-hybridized carbons (Fsp3) is 0.750. The first-order valence-corrected chi connectivity index (χ1v) is 6.31. The first-order chi connectivity index (χ1) is 8.36. The molecule has 0 aliphatic heterocycles. The number of aromatic nitrogens is 2. The van der Waals surface area contributed by atoms with Gasteiger partial charge in [-0.1, -0.05) is 20.8 Å². The summed E-state index contributed by atoms with van der Waals surface area (Å²) in [6.45, 7) is 7.09. The van der Waals surface area contributed by atoms with Gasteiger partial charge in [0.05, 0.1) is 4.92 Å². The van der Waals surface area contributed by atoms with Crippen LogP contribution in [-0.4, -0.2) is 21.2 Å². The molecule has 0 bridgehead atoms. The molecule has 1 fully saturated rings. The van der Waals surface area contributed by atoms with Gasteiger partial charge in [0.15, 0.2) is 0 Å². The van der Waals surface area contributed by atoms with Gasteiger partial charge in [-0.05, 0) is 24.2 Å². The zero-order valence-corrected chi connectivity index (χ0v) is 11.4. The molecule has 2 rings (SSSR count). The van der Waals surface area contributed by atoms with E-state index in [-0.39, 0.29) is 10.6 Å². The topological polar surface area (TPSA) is 73.0 Å². The molecule has 1 aromatic rings. The SMILES string of the molecule is CCc1nn(C)c(NCC2CC2(C)C)c1[N+](=O)[O-]. The number of nitrogens with one attached hydrogen (secondary N) is 1. The highest BCUT2D eigenvalue weighted by atomic mass is 16.6. The number of aryl methyl sites for hydroxylation is 2. The largest absolute Gasteiger partial charge is 0.364 e. The number of rotatable bonds is 5. The van der Waals surface area contributed by atoms with Gasteiger partial charge in [-0.3, -0.25) is 10.1 Å². The van der Waals surface area contributed by atoms with Crippen LogP contribution in [0.1, 0.15) is 32.9 Å². The fourth-order valence-electron chi connectivity index (χ4n) is 2.34. The van der Waals surface area contributed by atoms with Gasteiger partial charge < -0.3 is 5.32 Å². The van der Waals surface area contributed by atoms with E-state index in [1.165, 1.54) is 6.42 Å². The lowest BCUT2D eigenvalue weighted by molar-refractivity contribution is -0.384. The van der Waals surface area contributed by atoms with Crippen molar-refractivity contribution in [3.05, 3.63) is 15.8 Å². The highest BCUT2D eigenvalue weighted by molar-refractivity contribution is 5.59. The van der Waals surface area contributed by atoms with E-state index in [4.69, 9.17) is 0 Å². The Balaban J connectivity index is 2.16. The summed E-state index contributed by atoms with van der Waals surface area (Å²) in [5.74, 6) is 1.12. The molecule has 1 saturated carbocycles. The van der Waals surface area contributed by atoms with Gasteiger partial charge in [0, 0.05) is 13.6 Å². The van der Waals surface area contributed by atoms with Crippen LogP contribution in [0, 0.1) is 21.4 Å². The second kappa shape index (κ2) is 4.26. The van der Waals surface area contributed by atoms with E-state index in [1.807, 2.05) is 6.92 Å². The highest BCUT2D eigenvalue weighted by Gasteiger charge is 2.45. The molecular formula is C12H20N4O2. The highest BCUT2D eigenvalue weighted by Crippen LogP contribution is 2.51. The average Bonchev–Trinajstić information content (AvgIpc) is 2.75. The van der Waals surface area contributed by atoms with Crippen molar-refractivity contribution in [1.29, 1.82) is 0 Å². The zero-order chi connectivity index (χ0) is 13.5. The molecule has 1 heterocycles. The fourth-order valence-corrected chi connectivity index (χ4v) is 2.34. The third-order valence-electron chi connectivity index (χ3n) is 3.84. The zero-order valence-electron chi connectivity index (χ0n) is 11.4. The van der Waals surface area contributed by atoms with Crippen LogP contribution in [0.2, 0.25) is 0 Å². The summed E-state index contributed by atoms with van der Waals surface area (Å²) < 4.78 is 1.58. The first kappa shape index (κ1) is 12.9. The molecule has 1 aromatic heterocycles. The van der Waals surface area contributed by atoms with E-state index in [0.717, 1.165) is 6.54 Å². The minimum Gasteiger partial charge on any atom is -0.364 e. The van der Waals surface area contributed by atoms with Crippen LogP contribution in [0.15, 0.2) is 0 Å². The Bertz CT molecular complexity index is 479. The number of nitro groups is 1. The van der Waals surface area contributed by atoms with Gasteiger partial charge in [0.25, 0.3) is 0 Å². The van der Waals surface area contributed by atoms with Crippen LogP contribution in [0.25, 0.3) is 0 Å². The summed E-state index contributed by atoms with van der Waals surface area (Å²) in [4.78, 5) is 10.8. The second-order valence-electron chi connectivity index (χ2n) is 5.65. The van der Waals surface area contributed by atoms with Crippen molar-refractivity contribution in [1.82, 2.24) is 9.78 Å². The smallest absolute Gasteiger partial charge is 0.333 e. The molecule has 0 amide bonds. The van der Waals surface area contributed by atoms with E-state index >= 15 is 0 Å². The summed E-state index contributed by atoms with van der Waals surface area (Å²) in [7, 11) is 1.74. The maximum atomic E-state index is 11.1. The summed E-state index contributed by atoms with van der Waals surface area (Å²) in [5, 5.41) is 18.5. The third-order valence-corrected chi connectivity index (χ3v) is 3.84. The molecule has 18 heavy (non-hydrogen) atoms. The van der Waals surface area contributed by atoms with Gasteiger partial charge in [-0.15, -0.1) is 0 Å². The van der Waals surface area contributed by atoms with Crippen molar-refractivity contribution in [2.24, 2.45) is 18.4 Å². The van der Waals surface area contributed by atoms with Crippen molar-refractivity contribution in [3.8, 4) is 0 Å². The summed E-state index contributed by atoms with van der Waals surface area (Å²) >= 11 is 0. The number of nitrogens with zero attached hydrogens (tertiary/aromatic N) is 3. The molecule has 6 heteroatoms. The van der Waals surface area contributed by atoms with E-state index in [0.29, 0.717) is 29.3 Å². The Hall–Kier alpha value is -1.59. The molecule has 100 valence electrons. The van der Waals surface area contributed by atoms with Gasteiger partial charge >= 0.3 is 5.69 Å². The first-order valence-electron chi connectivity index (χ1n) is 6.31. The number of anilines is 1. The standard InChI is InChI=1S/C12H20N4O2/c1-5-9-10(16(17)18)11(15(4)14-9)13-7-8-6-12(8,2)3/h8,13H,5-7H2,1-4H3. The molecule has 1 atom stereocenters. The predicted molar refractivity (Wildman–Crippen MR) is 69.6 cm³/mol. The average molecular weight is 252 g/mol. The maximum Gasteiger partial charge on any atom is 0.333 e. The monoisotopic (exact) mass is 252 g/mol. The Morgan fingerprint density at radius 3 is 2.67 bits per heavy atom. The Morgan fingerprint density at radius 2 is 2.22 bits per heavy atom. The van der Waals surface area contributed by atoms with Gasteiger partial charge in [0.1, 0.15) is 5.69 Å². The molecule has 1 aliphatic rings. The summed E-state index contributed by atoms with van der Waals surface area (Å²) in [6, 6.07) is 0. The van der Waals surface area contributed by atoms with E-state index in [9.17, 15) is 10.1 Å². The lowest BCUT2D eigenvalue weighted by Crippen LogP contribution is -2.11. The molecule has 0 spiro atoms. The molecule has 0 aromatic carbocycles. The van der Waals surface area contributed by atoms with Crippen molar-refractivity contribution >= 4 is 11.5 Å². The van der Waals surface area contributed by atoms with Crippen molar-refractivity contribution < 1.29 is 4.92 Å². The lowest BCUT2D eigenvalue weighted by atomic mass is 10.1. The number of hydrogen-bond donors (Lipinski definition) is 1. The van der Waals surface area contributed by atoms with Crippen LogP contribution < -0.4 is 5.32 Å². The quantitative estimate of drug-likeness (QED) is 0.645.